The monoisotopic (exact) mass is 308 g/mol. The van der Waals surface area contributed by atoms with Crippen LogP contribution in [0.2, 0.25) is 0 Å². The van der Waals surface area contributed by atoms with Gasteiger partial charge in [0, 0.05) is 0 Å². The Morgan fingerprint density at radius 2 is 1.80 bits per heavy atom. The van der Waals surface area contributed by atoms with Gasteiger partial charge in [-0.15, -0.1) is 0 Å². The number of aliphatic hydroxyl groups is 1. The molecule has 5 N–H and O–H groups in total. The number of carbonyl (C=O) groups is 3. The number of carboxylic acid groups (broad SMARTS) is 2. The molecule has 0 aromatic rings. The summed E-state index contributed by atoms with van der Waals surface area (Å²) in [5, 5.41) is 27.6. The number of hydrogen-bond acceptors (Lipinski definition) is 6. The zero-order valence-corrected chi connectivity index (χ0v) is 11.7. The first kappa shape index (κ1) is 18.1. The van der Waals surface area contributed by atoms with E-state index in [-0.39, 0.29) is 5.11 Å². The minimum absolute atomic E-state index is 0.259. The normalized spacial score (nSPS) is 13.4. The molecule has 0 saturated carbocycles. The third kappa shape index (κ3) is 5.36. The second-order valence-corrected chi connectivity index (χ2v) is 4.72. The van der Waals surface area contributed by atoms with Crippen molar-refractivity contribution in [3.05, 3.63) is 0 Å². The summed E-state index contributed by atoms with van der Waals surface area (Å²) in [6.07, 6.45) is -2.20. The highest BCUT2D eigenvalue weighted by Crippen LogP contribution is 2.17. The Labute approximate surface area is 119 Å². The van der Waals surface area contributed by atoms with Crippen LogP contribution < -0.4 is 5.73 Å². The van der Waals surface area contributed by atoms with E-state index in [0.29, 0.717) is 0 Å². The fourth-order valence-corrected chi connectivity index (χ4v) is 1.50. The third-order valence-corrected chi connectivity index (χ3v) is 2.34. The number of carboxylic acids is 2. The van der Waals surface area contributed by atoms with Crippen LogP contribution in [0.3, 0.4) is 0 Å². The van der Waals surface area contributed by atoms with Crippen LogP contribution in [0.25, 0.3) is 0 Å². The molecule has 0 aliphatic heterocycles. The molecule has 1 atom stereocenters. The molecule has 0 spiro atoms. The van der Waals surface area contributed by atoms with Gasteiger partial charge in [0.15, 0.2) is 5.60 Å². The highest BCUT2D eigenvalue weighted by atomic mass is 32.1. The summed E-state index contributed by atoms with van der Waals surface area (Å²) in [6, 6.07) is -0.408. The lowest BCUT2D eigenvalue weighted by atomic mass is 9.96. The Balaban J connectivity index is 4.90. The Morgan fingerprint density at radius 3 is 2.10 bits per heavy atom. The molecule has 0 aliphatic rings. The molecule has 0 amide bonds. The Bertz CT molecular complexity index is 426. The Morgan fingerprint density at radius 1 is 1.30 bits per heavy atom. The van der Waals surface area contributed by atoms with Crippen molar-refractivity contribution in [2.45, 2.75) is 38.3 Å². The van der Waals surface area contributed by atoms with Crippen molar-refractivity contribution in [1.82, 2.24) is 5.06 Å². The molecule has 10 heteroatoms. The van der Waals surface area contributed by atoms with Crippen LogP contribution >= 0.6 is 12.2 Å². The minimum atomic E-state index is -2.76. The zero-order valence-electron chi connectivity index (χ0n) is 10.9. The van der Waals surface area contributed by atoms with Crippen molar-refractivity contribution in [3.8, 4) is 0 Å². The van der Waals surface area contributed by atoms with Gasteiger partial charge in [-0.1, -0.05) is 0 Å². The summed E-state index contributed by atoms with van der Waals surface area (Å²) in [7, 11) is 0. The van der Waals surface area contributed by atoms with E-state index in [1.54, 1.807) is 13.8 Å². The average Bonchev–Trinajstić information content (AvgIpc) is 2.23. The van der Waals surface area contributed by atoms with Gasteiger partial charge in [0.1, 0.15) is 0 Å². The van der Waals surface area contributed by atoms with Gasteiger partial charge in [0.05, 0.1) is 18.9 Å². The molecule has 1 unspecified atom stereocenters. The largest absolute Gasteiger partial charge is 0.481 e. The van der Waals surface area contributed by atoms with Gasteiger partial charge in [-0.25, -0.2) is 9.59 Å². The minimum Gasteiger partial charge on any atom is -0.481 e. The van der Waals surface area contributed by atoms with Crippen LogP contribution in [0, 0.1) is 0 Å². The van der Waals surface area contributed by atoms with E-state index < -0.39 is 42.4 Å². The van der Waals surface area contributed by atoms with E-state index in [1.165, 1.54) is 0 Å². The van der Waals surface area contributed by atoms with Gasteiger partial charge in [-0.3, -0.25) is 4.79 Å². The first-order valence-electron chi connectivity index (χ1n) is 5.46. The summed E-state index contributed by atoms with van der Waals surface area (Å²) in [6.45, 7) is 3.21. The van der Waals surface area contributed by atoms with Crippen LogP contribution in [0.1, 0.15) is 26.7 Å². The van der Waals surface area contributed by atoms with E-state index >= 15 is 0 Å². The van der Waals surface area contributed by atoms with Crippen LogP contribution in [-0.4, -0.2) is 55.0 Å². The maximum atomic E-state index is 11.6. The average molecular weight is 308 g/mol. The summed E-state index contributed by atoms with van der Waals surface area (Å²) in [5.41, 5.74) is 2.54. The maximum absolute atomic E-state index is 11.6. The van der Waals surface area contributed by atoms with Crippen molar-refractivity contribution < 1.29 is 34.5 Å². The molecule has 0 heterocycles. The van der Waals surface area contributed by atoms with Crippen LogP contribution in [-0.2, 0) is 19.2 Å². The van der Waals surface area contributed by atoms with Crippen molar-refractivity contribution in [2.75, 3.05) is 0 Å². The number of aliphatic carboxylic acids is 2. The van der Waals surface area contributed by atoms with E-state index in [1.807, 2.05) is 0 Å². The lowest BCUT2D eigenvalue weighted by Gasteiger charge is -2.26. The lowest BCUT2D eigenvalue weighted by molar-refractivity contribution is -0.189. The predicted octanol–water partition coefficient (Wildman–Crippen LogP) is -0.921. The second kappa shape index (κ2) is 7.01. The molecule has 0 aliphatic carbocycles. The smallest absolute Gasteiger partial charge is 0.336 e. The topological polar surface area (TPSA) is 150 Å². The summed E-state index contributed by atoms with van der Waals surface area (Å²) >= 11 is 4.63. The molecule has 114 valence electrons. The Hall–Kier alpha value is -1.94. The third-order valence-electron chi connectivity index (χ3n) is 2.16. The molecular weight excluding hydrogens is 292 g/mol. The van der Waals surface area contributed by atoms with Crippen molar-refractivity contribution in [3.63, 3.8) is 0 Å². The van der Waals surface area contributed by atoms with Gasteiger partial charge in [-0.2, -0.15) is 5.06 Å². The van der Waals surface area contributed by atoms with Gasteiger partial charge < -0.3 is 25.9 Å². The van der Waals surface area contributed by atoms with E-state index in [2.05, 4.69) is 12.2 Å². The van der Waals surface area contributed by atoms with E-state index in [9.17, 15) is 19.5 Å². The molecule has 9 nitrogen and oxygen atoms in total. The standard InChI is InChI=1S/C10H16N2O7S/c1-5(2)12(9(11)20)19-7(15)4-10(18,8(16)17)3-6(13)14/h5,18H,3-4H2,1-2H3,(H2,11,20)(H,13,14)(H,16,17). The predicted molar refractivity (Wildman–Crippen MR) is 69.3 cm³/mol. The van der Waals surface area contributed by atoms with Crippen molar-refractivity contribution in [1.29, 1.82) is 0 Å². The summed E-state index contributed by atoms with van der Waals surface area (Å²) in [4.78, 5) is 37.7. The van der Waals surface area contributed by atoms with E-state index in [4.69, 9.17) is 20.8 Å². The lowest BCUT2D eigenvalue weighted by Crippen LogP contribution is -2.46. The number of thiocarbonyl (C=S) groups is 1. The molecular formula is C10H16N2O7S. The number of nitrogens with zero attached hydrogens (tertiary/aromatic N) is 1. The Kier molecular flexibility index (Phi) is 6.33. The fraction of sp³-hybridized carbons (Fsp3) is 0.600. The molecule has 0 saturated heterocycles. The van der Waals surface area contributed by atoms with Crippen LogP contribution in [0.5, 0.6) is 0 Å². The second-order valence-electron chi connectivity index (χ2n) is 4.31. The molecule has 0 aromatic heterocycles. The SMILES string of the molecule is CC(C)N(OC(=O)CC(O)(CC(=O)O)C(=O)O)C(N)=S. The number of hydrogen-bond donors (Lipinski definition) is 4. The molecule has 0 fully saturated rings. The number of rotatable bonds is 6. The van der Waals surface area contributed by atoms with Crippen LogP contribution in [0.15, 0.2) is 0 Å². The van der Waals surface area contributed by atoms with Gasteiger partial charge in [0.25, 0.3) is 0 Å². The summed E-state index contributed by atoms with van der Waals surface area (Å²) in [5.74, 6) is -4.58. The van der Waals surface area contributed by atoms with Crippen molar-refractivity contribution in [2.24, 2.45) is 5.73 Å². The number of nitrogens with two attached hydrogens (primary N) is 1. The van der Waals surface area contributed by atoms with Gasteiger partial charge >= 0.3 is 17.9 Å². The zero-order chi connectivity index (χ0) is 16.1. The van der Waals surface area contributed by atoms with Gasteiger partial charge in [0.2, 0.25) is 5.11 Å². The van der Waals surface area contributed by atoms with Crippen LogP contribution in [0.4, 0.5) is 0 Å². The maximum Gasteiger partial charge on any atom is 0.336 e. The number of hydroxylamine groups is 2. The quantitative estimate of drug-likeness (QED) is 0.358. The highest BCUT2D eigenvalue weighted by Gasteiger charge is 2.42. The summed E-state index contributed by atoms with van der Waals surface area (Å²) < 4.78 is 0. The molecule has 0 aromatic carbocycles. The first-order chi connectivity index (χ1) is 8.99. The number of carbonyl (C=O) groups excluding carboxylic acids is 1. The first-order valence-corrected chi connectivity index (χ1v) is 5.87. The van der Waals surface area contributed by atoms with Crippen molar-refractivity contribution >= 4 is 35.2 Å². The highest BCUT2D eigenvalue weighted by molar-refractivity contribution is 7.80. The molecule has 0 radical (unpaired) electrons. The molecule has 20 heavy (non-hydrogen) atoms. The van der Waals surface area contributed by atoms with E-state index in [0.717, 1.165) is 5.06 Å². The molecule has 0 bridgehead atoms. The molecule has 0 rings (SSSR count). The fourth-order valence-electron chi connectivity index (χ4n) is 1.25. The van der Waals surface area contributed by atoms with Gasteiger partial charge in [-0.05, 0) is 26.1 Å².